The summed E-state index contributed by atoms with van der Waals surface area (Å²) < 4.78 is 0. The number of rotatable bonds is 1. The number of phenolic OH excluding ortho intramolecular Hbond substituents is 1. The second-order valence-electron chi connectivity index (χ2n) is 5.73. The summed E-state index contributed by atoms with van der Waals surface area (Å²) >= 11 is 0. The van der Waals surface area contributed by atoms with E-state index in [-0.39, 0.29) is 0 Å². The molecule has 1 nitrogen and oxygen atoms in total. The van der Waals surface area contributed by atoms with Crippen molar-refractivity contribution in [1.29, 1.82) is 0 Å². The molecule has 1 heteroatoms. The van der Waals surface area contributed by atoms with Gasteiger partial charge in [0, 0.05) is 0 Å². The third-order valence-electron chi connectivity index (χ3n) is 2.62. The van der Waals surface area contributed by atoms with Crippen LogP contribution in [0.2, 0.25) is 0 Å². The summed E-state index contributed by atoms with van der Waals surface area (Å²) in [5.74, 6) is 1.28. The zero-order valence-electron chi connectivity index (χ0n) is 18.5. The number of aryl methyl sites for hydroxylation is 1. The second kappa shape index (κ2) is 21.0. The SMILES string of the molecule is CC.CC.CC(C)C.CCC.CCc1c(O)cc(C)c(C)c1C. The Labute approximate surface area is 148 Å². The molecule has 0 saturated heterocycles. The van der Waals surface area contributed by atoms with Gasteiger partial charge in [0.25, 0.3) is 0 Å². The number of aromatic hydroxyl groups is 1. The lowest BCUT2D eigenvalue weighted by atomic mass is 9.96. The molecule has 1 aromatic carbocycles. The van der Waals surface area contributed by atoms with Crippen LogP contribution in [-0.2, 0) is 6.42 Å². The Balaban J connectivity index is -0.000000137. The lowest BCUT2D eigenvalue weighted by molar-refractivity contribution is 0.467. The van der Waals surface area contributed by atoms with E-state index >= 15 is 0 Å². The van der Waals surface area contributed by atoms with Crippen molar-refractivity contribution in [2.75, 3.05) is 0 Å². The molecule has 1 aromatic rings. The van der Waals surface area contributed by atoms with E-state index in [0.717, 1.165) is 17.9 Å². The molecule has 0 saturated carbocycles. The Bertz CT molecular complexity index is 349. The molecule has 0 bridgehead atoms. The Morgan fingerprint density at radius 2 is 1.13 bits per heavy atom. The van der Waals surface area contributed by atoms with Gasteiger partial charge in [0.2, 0.25) is 0 Å². The van der Waals surface area contributed by atoms with Crippen LogP contribution in [-0.4, -0.2) is 5.11 Å². The summed E-state index contributed by atoms with van der Waals surface area (Å²) in [6.45, 7) is 27.0. The molecule has 0 unspecified atom stereocenters. The van der Waals surface area contributed by atoms with Gasteiger partial charge in [-0.1, -0.05) is 75.7 Å². The molecule has 0 amide bonds. The predicted octanol–water partition coefficient (Wildman–Crippen LogP) is 8.01. The van der Waals surface area contributed by atoms with Gasteiger partial charge in [-0.15, -0.1) is 0 Å². The lowest BCUT2D eigenvalue weighted by Crippen LogP contribution is -1.93. The van der Waals surface area contributed by atoms with Crippen molar-refractivity contribution < 1.29 is 5.11 Å². The highest BCUT2D eigenvalue weighted by molar-refractivity contribution is 5.47. The molecule has 1 N–H and O–H groups in total. The standard InChI is InChI=1S/C11H16O.C4H10.C3H8.2C2H6/c1-5-10-9(4)8(3)7(2)6-11(10)12;1-4(2)3;1-3-2;2*1-2/h6,12H,5H2,1-4H3;4H,1-3H3;3H2,1-2H3;2*1-2H3. The first-order valence-electron chi connectivity index (χ1n) is 9.51. The summed E-state index contributed by atoms with van der Waals surface area (Å²) in [5.41, 5.74) is 4.78. The molecule has 0 fully saturated rings. The smallest absolute Gasteiger partial charge is 0.119 e. The lowest BCUT2D eigenvalue weighted by Gasteiger charge is -2.11. The van der Waals surface area contributed by atoms with Gasteiger partial charge in [-0.3, -0.25) is 0 Å². The topological polar surface area (TPSA) is 20.2 Å². The fraction of sp³-hybridized carbons (Fsp3) is 0.727. The van der Waals surface area contributed by atoms with Gasteiger partial charge in [0.05, 0.1) is 0 Å². The van der Waals surface area contributed by atoms with Crippen molar-refractivity contribution in [2.45, 2.75) is 103 Å². The molecule has 0 atom stereocenters. The first kappa shape index (κ1) is 30.0. The van der Waals surface area contributed by atoms with Crippen LogP contribution in [0, 0.1) is 26.7 Å². The molecule has 0 aliphatic heterocycles. The average Bonchev–Trinajstić information content (AvgIpc) is 2.50. The van der Waals surface area contributed by atoms with Gasteiger partial charge >= 0.3 is 0 Å². The molecular formula is C22H46O. The van der Waals surface area contributed by atoms with Crippen LogP contribution in [0.4, 0.5) is 0 Å². The highest BCUT2D eigenvalue weighted by Crippen LogP contribution is 2.26. The molecule has 0 heterocycles. The van der Waals surface area contributed by atoms with Crippen molar-refractivity contribution >= 4 is 0 Å². The van der Waals surface area contributed by atoms with Gasteiger partial charge in [0.15, 0.2) is 0 Å². The van der Waals surface area contributed by atoms with Gasteiger partial charge < -0.3 is 5.11 Å². The summed E-state index contributed by atoms with van der Waals surface area (Å²) in [7, 11) is 0. The van der Waals surface area contributed by atoms with Crippen LogP contribution in [0.25, 0.3) is 0 Å². The fourth-order valence-corrected chi connectivity index (χ4v) is 1.56. The third kappa shape index (κ3) is 17.2. The molecule has 0 spiro atoms. The van der Waals surface area contributed by atoms with Gasteiger partial charge in [-0.2, -0.15) is 0 Å². The van der Waals surface area contributed by atoms with Crippen molar-refractivity contribution in [3.05, 3.63) is 28.3 Å². The van der Waals surface area contributed by atoms with E-state index < -0.39 is 0 Å². The molecule has 1 rings (SSSR count). The number of hydrogen-bond donors (Lipinski definition) is 1. The van der Waals surface area contributed by atoms with Crippen LogP contribution in [0.3, 0.4) is 0 Å². The summed E-state index contributed by atoms with van der Waals surface area (Å²) in [6.07, 6.45) is 2.15. The van der Waals surface area contributed by atoms with Crippen LogP contribution in [0.5, 0.6) is 5.75 Å². The summed E-state index contributed by atoms with van der Waals surface area (Å²) in [6, 6.07) is 1.85. The van der Waals surface area contributed by atoms with E-state index in [1.165, 1.54) is 23.1 Å². The molecule has 0 aromatic heterocycles. The molecule has 23 heavy (non-hydrogen) atoms. The Kier molecular flexibility index (Phi) is 27.4. The highest BCUT2D eigenvalue weighted by Gasteiger charge is 2.07. The summed E-state index contributed by atoms with van der Waals surface area (Å²) in [4.78, 5) is 0. The van der Waals surface area contributed by atoms with Crippen LogP contribution in [0.1, 0.15) is 97.9 Å². The van der Waals surface area contributed by atoms with Crippen LogP contribution < -0.4 is 0 Å². The zero-order valence-corrected chi connectivity index (χ0v) is 18.5. The first-order chi connectivity index (χ1) is 10.7. The molecule has 140 valence electrons. The van der Waals surface area contributed by atoms with E-state index in [4.69, 9.17) is 0 Å². The minimum absolute atomic E-state index is 0.443. The maximum atomic E-state index is 9.60. The van der Waals surface area contributed by atoms with Gasteiger partial charge in [-0.25, -0.2) is 0 Å². The number of benzene rings is 1. The average molecular weight is 327 g/mol. The zero-order chi connectivity index (χ0) is 19.6. The Hall–Kier alpha value is -0.980. The highest BCUT2D eigenvalue weighted by atomic mass is 16.3. The van der Waals surface area contributed by atoms with E-state index in [9.17, 15) is 5.11 Å². The van der Waals surface area contributed by atoms with E-state index in [2.05, 4.69) is 55.4 Å². The minimum Gasteiger partial charge on any atom is -0.508 e. The normalized spacial score (nSPS) is 8.26. The molecule has 0 aliphatic carbocycles. The quantitative estimate of drug-likeness (QED) is 0.554. The Morgan fingerprint density at radius 3 is 1.39 bits per heavy atom. The van der Waals surface area contributed by atoms with Gasteiger partial charge in [-0.05, 0) is 61.4 Å². The third-order valence-corrected chi connectivity index (χ3v) is 2.62. The van der Waals surface area contributed by atoms with Crippen molar-refractivity contribution in [3.8, 4) is 5.75 Å². The van der Waals surface area contributed by atoms with E-state index in [1.807, 2.05) is 40.7 Å². The molecule has 0 radical (unpaired) electrons. The molecular weight excluding hydrogens is 280 g/mol. The van der Waals surface area contributed by atoms with E-state index in [1.54, 1.807) is 0 Å². The second-order valence-corrected chi connectivity index (χ2v) is 5.73. The van der Waals surface area contributed by atoms with Crippen LogP contribution in [0.15, 0.2) is 6.07 Å². The number of hydrogen-bond acceptors (Lipinski definition) is 1. The van der Waals surface area contributed by atoms with Crippen molar-refractivity contribution in [3.63, 3.8) is 0 Å². The maximum Gasteiger partial charge on any atom is 0.119 e. The first-order valence-corrected chi connectivity index (χ1v) is 9.51. The monoisotopic (exact) mass is 326 g/mol. The van der Waals surface area contributed by atoms with Crippen molar-refractivity contribution in [2.24, 2.45) is 5.92 Å². The number of phenols is 1. The maximum absolute atomic E-state index is 9.60. The predicted molar refractivity (Wildman–Crippen MR) is 111 cm³/mol. The summed E-state index contributed by atoms with van der Waals surface area (Å²) in [5, 5.41) is 9.60. The minimum atomic E-state index is 0.443. The fourth-order valence-electron chi connectivity index (χ4n) is 1.56. The van der Waals surface area contributed by atoms with Gasteiger partial charge in [0.1, 0.15) is 5.75 Å². The van der Waals surface area contributed by atoms with Crippen molar-refractivity contribution in [1.82, 2.24) is 0 Å². The largest absolute Gasteiger partial charge is 0.508 e. The Morgan fingerprint density at radius 1 is 0.826 bits per heavy atom. The molecule has 0 aliphatic rings. The van der Waals surface area contributed by atoms with Crippen LogP contribution >= 0.6 is 0 Å². The van der Waals surface area contributed by atoms with E-state index in [0.29, 0.717) is 5.75 Å².